The Morgan fingerprint density at radius 1 is 1.28 bits per heavy atom. The lowest BCUT2D eigenvalue weighted by Gasteiger charge is -2.63. The molecule has 2 aliphatic carbocycles. The molecule has 3 fully saturated rings. The number of hydrogen-bond donors (Lipinski definition) is 0. The van der Waals surface area contributed by atoms with Crippen molar-refractivity contribution >= 4 is 16.8 Å². The van der Waals surface area contributed by atoms with Crippen LogP contribution in [0.5, 0.6) is 0 Å². The molecule has 1 atom stereocenters. The standard InChI is InChI=1S/C21H26N2O2/c1-25-12-11-22-13-17(16-5-2-3-6-18(16)22)20(24)23-14-21(9-4-10-21)19(23)15-7-8-15/h2-3,5-6,13,15,19H,4,7-12,14H2,1H3. The molecule has 1 unspecified atom stereocenters. The van der Waals surface area contributed by atoms with Crippen molar-refractivity contribution in [3.63, 3.8) is 0 Å². The van der Waals surface area contributed by atoms with Crippen LogP contribution in [0.4, 0.5) is 0 Å². The lowest BCUT2D eigenvalue weighted by Crippen LogP contribution is -2.69. The Hall–Kier alpha value is -1.81. The van der Waals surface area contributed by atoms with Gasteiger partial charge >= 0.3 is 0 Å². The van der Waals surface area contributed by atoms with Gasteiger partial charge in [0.05, 0.1) is 12.2 Å². The molecule has 25 heavy (non-hydrogen) atoms. The number of benzene rings is 1. The number of para-hydroxylation sites is 1. The zero-order valence-electron chi connectivity index (χ0n) is 14.9. The molecule has 2 aromatic rings. The van der Waals surface area contributed by atoms with E-state index >= 15 is 0 Å². The zero-order chi connectivity index (χ0) is 17.0. The Bertz CT molecular complexity index is 816. The van der Waals surface area contributed by atoms with Crippen LogP contribution in [-0.4, -0.2) is 41.7 Å². The third kappa shape index (κ3) is 2.27. The maximum Gasteiger partial charge on any atom is 0.256 e. The van der Waals surface area contributed by atoms with Gasteiger partial charge in [-0.15, -0.1) is 0 Å². The third-order valence-corrected chi connectivity index (χ3v) is 6.68. The van der Waals surface area contributed by atoms with Gasteiger partial charge in [0.15, 0.2) is 0 Å². The topological polar surface area (TPSA) is 34.5 Å². The number of fused-ring (bicyclic) bond motifs is 1. The summed E-state index contributed by atoms with van der Waals surface area (Å²) >= 11 is 0. The van der Waals surface area contributed by atoms with E-state index in [1.807, 2.05) is 18.3 Å². The van der Waals surface area contributed by atoms with Crippen LogP contribution in [0.15, 0.2) is 30.5 Å². The summed E-state index contributed by atoms with van der Waals surface area (Å²) in [5.74, 6) is 1.00. The van der Waals surface area contributed by atoms with E-state index in [4.69, 9.17) is 4.74 Å². The Morgan fingerprint density at radius 3 is 2.76 bits per heavy atom. The zero-order valence-corrected chi connectivity index (χ0v) is 14.9. The van der Waals surface area contributed by atoms with E-state index in [0.717, 1.165) is 35.5 Å². The molecule has 4 nitrogen and oxygen atoms in total. The number of aromatic nitrogens is 1. The molecule has 0 N–H and O–H groups in total. The van der Waals surface area contributed by atoms with Gasteiger partial charge in [0.25, 0.3) is 5.91 Å². The van der Waals surface area contributed by atoms with E-state index in [1.165, 1.54) is 32.1 Å². The second-order valence-corrected chi connectivity index (χ2v) is 8.18. The second kappa shape index (κ2) is 5.60. The largest absolute Gasteiger partial charge is 0.383 e. The maximum absolute atomic E-state index is 13.4. The summed E-state index contributed by atoms with van der Waals surface area (Å²) in [5.41, 5.74) is 2.47. The molecule has 1 spiro atoms. The SMILES string of the molecule is COCCn1cc(C(=O)N2CC3(CCC3)C2C2CC2)c2ccccc21. The first-order valence-corrected chi connectivity index (χ1v) is 9.61. The Labute approximate surface area is 148 Å². The number of hydrogen-bond acceptors (Lipinski definition) is 2. The molecule has 0 bridgehead atoms. The molecule has 1 aromatic heterocycles. The van der Waals surface area contributed by atoms with Gasteiger partial charge in [0.2, 0.25) is 0 Å². The van der Waals surface area contributed by atoms with E-state index in [-0.39, 0.29) is 5.91 Å². The van der Waals surface area contributed by atoms with E-state index in [0.29, 0.717) is 18.1 Å². The Balaban J connectivity index is 1.47. The number of methoxy groups -OCH3 is 1. The number of ether oxygens (including phenoxy) is 1. The van der Waals surface area contributed by atoms with Crippen LogP contribution in [0, 0.1) is 11.3 Å². The average molecular weight is 338 g/mol. The molecular weight excluding hydrogens is 312 g/mol. The monoisotopic (exact) mass is 338 g/mol. The first kappa shape index (κ1) is 15.4. The van der Waals surface area contributed by atoms with Gasteiger partial charge in [-0.05, 0) is 37.7 Å². The van der Waals surface area contributed by atoms with Gasteiger partial charge in [-0.3, -0.25) is 4.79 Å². The predicted octanol–water partition coefficient (Wildman–Crippen LogP) is 3.69. The smallest absolute Gasteiger partial charge is 0.256 e. The summed E-state index contributed by atoms with van der Waals surface area (Å²) in [6.45, 7) is 2.41. The number of carbonyl (C=O) groups is 1. The highest BCUT2D eigenvalue weighted by Gasteiger charge is 2.61. The van der Waals surface area contributed by atoms with Gasteiger partial charge in [0.1, 0.15) is 0 Å². The summed E-state index contributed by atoms with van der Waals surface area (Å²) in [5, 5.41) is 1.08. The van der Waals surface area contributed by atoms with Crippen LogP contribution in [0.1, 0.15) is 42.5 Å². The van der Waals surface area contributed by atoms with Crippen LogP contribution in [0.2, 0.25) is 0 Å². The van der Waals surface area contributed by atoms with E-state index < -0.39 is 0 Å². The Morgan fingerprint density at radius 2 is 2.08 bits per heavy atom. The highest BCUT2D eigenvalue weighted by Crippen LogP contribution is 2.60. The van der Waals surface area contributed by atoms with Crippen molar-refractivity contribution in [2.75, 3.05) is 20.3 Å². The van der Waals surface area contributed by atoms with E-state index in [9.17, 15) is 4.79 Å². The van der Waals surface area contributed by atoms with Crippen LogP contribution in [-0.2, 0) is 11.3 Å². The van der Waals surface area contributed by atoms with Gasteiger partial charge in [-0.25, -0.2) is 0 Å². The molecule has 1 amide bonds. The highest BCUT2D eigenvalue weighted by atomic mass is 16.5. The fourth-order valence-electron chi connectivity index (χ4n) is 5.15. The molecule has 5 rings (SSSR count). The molecule has 1 aromatic carbocycles. The number of likely N-dealkylation sites (tertiary alicyclic amines) is 1. The molecule has 1 saturated heterocycles. The molecule has 2 saturated carbocycles. The van der Waals surface area contributed by atoms with Gasteiger partial charge < -0.3 is 14.2 Å². The minimum absolute atomic E-state index is 0.238. The molecule has 4 heteroatoms. The first-order valence-electron chi connectivity index (χ1n) is 9.61. The number of amides is 1. The van der Waals surface area contributed by atoms with Crippen LogP contribution in [0.3, 0.4) is 0 Å². The fourth-order valence-corrected chi connectivity index (χ4v) is 5.15. The van der Waals surface area contributed by atoms with Crippen molar-refractivity contribution in [2.24, 2.45) is 11.3 Å². The second-order valence-electron chi connectivity index (χ2n) is 8.18. The van der Waals surface area contributed by atoms with Crippen molar-refractivity contribution in [2.45, 2.75) is 44.7 Å². The minimum atomic E-state index is 0.238. The lowest BCUT2D eigenvalue weighted by molar-refractivity contribution is -0.111. The predicted molar refractivity (Wildman–Crippen MR) is 97.6 cm³/mol. The number of rotatable bonds is 5. The highest BCUT2D eigenvalue weighted by molar-refractivity contribution is 6.07. The summed E-state index contributed by atoms with van der Waals surface area (Å²) < 4.78 is 7.40. The number of nitrogens with zero attached hydrogens (tertiary/aromatic N) is 2. The van der Waals surface area contributed by atoms with Crippen LogP contribution >= 0.6 is 0 Å². The van der Waals surface area contributed by atoms with E-state index in [2.05, 4.69) is 21.6 Å². The molecular formula is C21H26N2O2. The van der Waals surface area contributed by atoms with Crippen molar-refractivity contribution in [1.82, 2.24) is 9.47 Å². The fraction of sp³-hybridized carbons (Fsp3) is 0.571. The number of carbonyl (C=O) groups excluding carboxylic acids is 1. The van der Waals surface area contributed by atoms with Crippen molar-refractivity contribution < 1.29 is 9.53 Å². The lowest BCUT2D eigenvalue weighted by atomic mass is 9.56. The van der Waals surface area contributed by atoms with Gasteiger partial charge in [-0.1, -0.05) is 24.6 Å². The quantitative estimate of drug-likeness (QED) is 0.833. The summed E-state index contributed by atoms with van der Waals surface area (Å²) in [6.07, 6.45) is 8.67. The molecule has 3 aliphatic rings. The van der Waals surface area contributed by atoms with Crippen molar-refractivity contribution in [1.29, 1.82) is 0 Å². The molecule has 132 valence electrons. The average Bonchev–Trinajstić information content (AvgIpc) is 3.30. The van der Waals surface area contributed by atoms with Crippen LogP contribution in [0.25, 0.3) is 10.9 Å². The van der Waals surface area contributed by atoms with Crippen molar-refractivity contribution in [3.05, 3.63) is 36.0 Å². The summed E-state index contributed by atoms with van der Waals surface area (Å²) in [6, 6.07) is 8.76. The maximum atomic E-state index is 13.4. The molecule has 0 radical (unpaired) electrons. The Kier molecular flexibility index (Phi) is 3.46. The minimum Gasteiger partial charge on any atom is -0.383 e. The first-order chi connectivity index (χ1) is 12.2. The third-order valence-electron chi connectivity index (χ3n) is 6.68. The van der Waals surface area contributed by atoms with Gasteiger partial charge in [-0.2, -0.15) is 0 Å². The van der Waals surface area contributed by atoms with Crippen LogP contribution < -0.4 is 0 Å². The van der Waals surface area contributed by atoms with Crippen molar-refractivity contribution in [3.8, 4) is 0 Å². The summed E-state index contributed by atoms with van der Waals surface area (Å²) in [7, 11) is 1.72. The normalized spacial score (nSPS) is 24.4. The summed E-state index contributed by atoms with van der Waals surface area (Å²) in [4.78, 5) is 15.6. The van der Waals surface area contributed by atoms with E-state index in [1.54, 1.807) is 7.11 Å². The van der Waals surface area contributed by atoms with Gasteiger partial charge in [0, 0.05) is 48.8 Å². The molecule has 1 aliphatic heterocycles. The molecule has 2 heterocycles.